The number of fused-ring (bicyclic) bond motifs is 1. The van der Waals surface area contributed by atoms with E-state index in [0.29, 0.717) is 17.9 Å². The average Bonchev–Trinajstić information content (AvgIpc) is 2.92. The third-order valence-corrected chi connectivity index (χ3v) is 4.20. The smallest absolute Gasteiger partial charge is 0.257 e. The molecule has 1 atom stereocenters. The van der Waals surface area contributed by atoms with Crippen LogP contribution in [0.15, 0.2) is 42.6 Å². The standard InChI is InChI=1S/C20H22FN3O2/c1-12-9-14(7-8-17(12)23-13(2)11-26-3)22-10-15-19-16(21)5-4-6-18(19)24-20(15)25/h4-10,13,22-23H,11H2,1-3H3,(H,24,25)/b15-10+. The lowest BCUT2D eigenvalue weighted by Gasteiger charge is -2.17. The fourth-order valence-corrected chi connectivity index (χ4v) is 2.97. The first kappa shape index (κ1) is 17.9. The van der Waals surface area contributed by atoms with Crippen LogP contribution in [0.2, 0.25) is 0 Å². The highest BCUT2D eigenvalue weighted by molar-refractivity contribution is 6.31. The number of amides is 1. The van der Waals surface area contributed by atoms with Crippen LogP contribution >= 0.6 is 0 Å². The van der Waals surface area contributed by atoms with Crippen LogP contribution in [0.5, 0.6) is 0 Å². The van der Waals surface area contributed by atoms with Crippen molar-refractivity contribution in [3.8, 4) is 0 Å². The number of anilines is 3. The molecule has 0 bridgehead atoms. The number of ether oxygens (including phenoxy) is 1. The maximum atomic E-state index is 14.1. The number of hydrogen-bond acceptors (Lipinski definition) is 4. The van der Waals surface area contributed by atoms with E-state index in [1.165, 1.54) is 6.07 Å². The first-order valence-corrected chi connectivity index (χ1v) is 8.42. The number of hydrogen-bond donors (Lipinski definition) is 3. The molecule has 136 valence electrons. The highest BCUT2D eigenvalue weighted by Crippen LogP contribution is 2.33. The van der Waals surface area contributed by atoms with Crippen molar-refractivity contribution in [1.82, 2.24) is 0 Å². The minimum atomic E-state index is -0.420. The molecule has 3 rings (SSSR count). The molecule has 5 nitrogen and oxygen atoms in total. The van der Waals surface area contributed by atoms with Crippen molar-refractivity contribution in [3.63, 3.8) is 0 Å². The molecule has 6 heteroatoms. The lowest BCUT2D eigenvalue weighted by atomic mass is 10.1. The molecule has 1 aliphatic rings. The van der Waals surface area contributed by atoms with Gasteiger partial charge in [0, 0.05) is 36.3 Å². The molecular weight excluding hydrogens is 333 g/mol. The summed E-state index contributed by atoms with van der Waals surface area (Å²) in [6.45, 7) is 4.66. The van der Waals surface area contributed by atoms with E-state index in [-0.39, 0.29) is 17.5 Å². The fraction of sp³-hybridized carbons (Fsp3) is 0.250. The summed E-state index contributed by atoms with van der Waals surface area (Å²) in [4.78, 5) is 12.1. The van der Waals surface area contributed by atoms with E-state index in [4.69, 9.17) is 4.74 Å². The monoisotopic (exact) mass is 355 g/mol. The molecule has 1 unspecified atom stereocenters. The van der Waals surface area contributed by atoms with Gasteiger partial charge in [0.25, 0.3) is 5.91 Å². The van der Waals surface area contributed by atoms with Gasteiger partial charge < -0.3 is 20.7 Å². The zero-order valence-corrected chi connectivity index (χ0v) is 15.0. The molecule has 0 saturated heterocycles. The van der Waals surface area contributed by atoms with Crippen LogP contribution in [0.25, 0.3) is 5.57 Å². The summed E-state index contributed by atoms with van der Waals surface area (Å²) in [5.41, 5.74) is 3.96. The van der Waals surface area contributed by atoms with Gasteiger partial charge in [-0.25, -0.2) is 4.39 Å². The van der Waals surface area contributed by atoms with Gasteiger partial charge in [0.1, 0.15) is 5.82 Å². The Morgan fingerprint density at radius 1 is 1.31 bits per heavy atom. The summed E-state index contributed by atoms with van der Waals surface area (Å²) < 4.78 is 19.2. The molecule has 2 aromatic carbocycles. The highest BCUT2D eigenvalue weighted by atomic mass is 19.1. The topological polar surface area (TPSA) is 62.4 Å². The van der Waals surface area contributed by atoms with Crippen LogP contribution < -0.4 is 16.0 Å². The molecular formula is C20H22FN3O2. The number of carbonyl (C=O) groups is 1. The highest BCUT2D eigenvalue weighted by Gasteiger charge is 2.27. The van der Waals surface area contributed by atoms with Gasteiger partial charge in [-0.2, -0.15) is 0 Å². The second-order valence-electron chi connectivity index (χ2n) is 6.35. The Balaban J connectivity index is 1.77. The van der Waals surface area contributed by atoms with Gasteiger partial charge >= 0.3 is 0 Å². The average molecular weight is 355 g/mol. The molecule has 0 aromatic heterocycles. The van der Waals surface area contributed by atoms with Gasteiger partial charge in [0.05, 0.1) is 17.9 Å². The zero-order valence-electron chi connectivity index (χ0n) is 15.0. The Morgan fingerprint density at radius 3 is 2.85 bits per heavy atom. The minimum Gasteiger partial charge on any atom is -0.383 e. The van der Waals surface area contributed by atoms with E-state index < -0.39 is 5.82 Å². The van der Waals surface area contributed by atoms with Crippen LogP contribution in [0.1, 0.15) is 18.1 Å². The van der Waals surface area contributed by atoms with Crippen LogP contribution in [0, 0.1) is 12.7 Å². The number of carbonyl (C=O) groups excluding carboxylic acids is 1. The summed E-state index contributed by atoms with van der Waals surface area (Å²) in [5, 5.41) is 9.14. The van der Waals surface area contributed by atoms with Gasteiger partial charge in [-0.15, -0.1) is 0 Å². The summed E-state index contributed by atoms with van der Waals surface area (Å²) in [5.74, 6) is -0.738. The van der Waals surface area contributed by atoms with Crippen molar-refractivity contribution in [2.75, 3.05) is 29.7 Å². The molecule has 1 amide bonds. The Morgan fingerprint density at radius 2 is 2.12 bits per heavy atom. The van der Waals surface area contributed by atoms with Crippen LogP contribution in [-0.2, 0) is 9.53 Å². The third-order valence-electron chi connectivity index (χ3n) is 4.20. The second-order valence-corrected chi connectivity index (χ2v) is 6.35. The predicted molar refractivity (Wildman–Crippen MR) is 103 cm³/mol. The van der Waals surface area contributed by atoms with Crippen molar-refractivity contribution in [2.24, 2.45) is 0 Å². The van der Waals surface area contributed by atoms with Crippen molar-refractivity contribution in [2.45, 2.75) is 19.9 Å². The van der Waals surface area contributed by atoms with Gasteiger partial charge in [-0.3, -0.25) is 4.79 Å². The summed E-state index contributed by atoms with van der Waals surface area (Å²) in [7, 11) is 1.67. The summed E-state index contributed by atoms with van der Waals surface area (Å²) >= 11 is 0. The number of rotatable bonds is 6. The Labute approximate surface area is 152 Å². The SMILES string of the molecule is COCC(C)Nc1ccc(N/C=C2/C(=O)Nc3cccc(F)c32)cc1C. The number of halogens is 1. The normalized spacial score (nSPS) is 15.5. The zero-order chi connectivity index (χ0) is 18.7. The van der Waals surface area contributed by atoms with E-state index in [2.05, 4.69) is 16.0 Å². The first-order valence-electron chi connectivity index (χ1n) is 8.42. The van der Waals surface area contributed by atoms with Gasteiger partial charge in [0.2, 0.25) is 0 Å². The Kier molecular flexibility index (Phi) is 5.23. The molecule has 1 heterocycles. The lowest BCUT2D eigenvalue weighted by molar-refractivity contribution is -0.110. The molecule has 2 aromatic rings. The Bertz CT molecular complexity index is 864. The second kappa shape index (κ2) is 7.58. The molecule has 0 spiro atoms. The number of methoxy groups -OCH3 is 1. The van der Waals surface area contributed by atoms with E-state index in [0.717, 1.165) is 16.9 Å². The molecule has 1 aliphatic heterocycles. The number of aryl methyl sites for hydroxylation is 1. The molecule has 0 saturated carbocycles. The maximum Gasteiger partial charge on any atom is 0.257 e. The van der Waals surface area contributed by atoms with E-state index >= 15 is 0 Å². The largest absolute Gasteiger partial charge is 0.383 e. The van der Waals surface area contributed by atoms with Crippen molar-refractivity contribution >= 4 is 28.5 Å². The first-order chi connectivity index (χ1) is 12.5. The van der Waals surface area contributed by atoms with E-state index in [1.807, 2.05) is 32.0 Å². The third kappa shape index (κ3) is 3.70. The molecule has 0 aliphatic carbocycles. The summed E-state index contributed by atoms with van der Waals surface area (Å²) in [6.07, 6.45) is 1.54. The molecule has 0 radical (unpaired) electrons. The van der Waals surface area contributed by atoms with Gasteiger partial charge in [-0.1, -0.05) is 6.07 Å². The van der Waals surface area contributed by atoms with E-state index in [9.17, 15) is 9.18 Å². The van der Waals surface area contributed by atoms with Gasteiger partial charge in [-0.05, 0) is 49.7 Å². The van der Waals surface area contributed by atoms with Crippen LogP contribution in [0.4, 0.5) is 21.5 Å². The fourth-order valence-electron chi connectivity index (χ4n) is 2.97. The van der Waals surface area contributed by atoms with Crippen molar-refractivity contribution in [1.29, 1.82) is 0 Å². The van der Waals surface area contributed by atoms with Crippen LogP contribution in [-0.4, -0.2) is 25.7 Å². The van der Waals surface area contributed by atoms with Crippen molar-refractivity contribution in [3.05, 3.63) is 59.5 Å². The van der Waals surface area contributed by atoms with Crippen molar-refractivity contribution < 1.29 is 13.9 Å². The van der Waals surface area contributed by atoms with E-state index in [1.54, 1.807) is 25.4 Å². The quantitative estimate of drug-likeness (QED) is 0.686. The lowest BCUT2D eigenvalue weighted by Crippen LogP contribution is -2.21. The molecule has 3 N–H and O–H groups in total. The summed E-state index contributed by atoms with van der Waals surface area (Å²) in [6, 6.07) is 10.6. The predicted octanol–water partition coefficient (Wildman–Crippen LogP) is 3.99. The Hall–Kier alpha value is -2.86. The maximum absolute atomic E-state index is 14.1. The van der Waals surface area contributed by atoms with Gasteiger partial charge in [0.15, 0.2) is 0 Å². The molecule has 26 heavy (non-hydrogen) atoms. The minimum absolute atomic E-state index is 0.196. The number of nitrogens with one attached hydrogen (secondary N) is 3. The number of benzene rings is 2. The van der Waals surface area contributed by atoms with Crippen LogP contribution in [0.3, 0.4) is 0 Å². The molecule has 0 fully saturated rings.